The lowest BCUT2D eigenvalue weighted by Crippen LogP contribution is -2.37. The predicted octanol–water partition coefficient (Wildman–Crippen LogP) is 5.16. The Morgan fingerprint density at radius 1 is 0.583 bits per heavy atom. The molecule has 1 heterocycles. The molecule has 0 aromatic heterocycles. The topological polar surface area (TPSA) is 126 Å². The second-order valence-corrected chi connectivity index (χ2v) is 8.90. The fourth-order valence-corrected chi connectivity index (χ4v) is 3.83. The first-order valence-corrected chi connectivity index (χ1v) is 12.3. The molecule has 3 aromatic rings. The van der Waals surface area contributed by atoms with Gasteiger partial charge in [-0.25, -0.2) is 20.9 Å². The predicted molar refractivity (Wildman–Crippen MR) is 141 cm³/mol. The minimum absolute atomic E-state index is 0.145. The molecular weight excluding hydrogens is 600 g/mol. The summed E-state index contributed by atoms with van der Waals surface area (Å²) in [5.74, 6) is 1.66. The van der Waals surface area contributed by atoms with Gasteiger partial charge in [0, 0.05) is 8.95 Å². The molecule has 0 aliphatic carbocycles. The minimum Gasteiger partial charge on any atom is -0.488 e. The van der Waals surface area contributed by atoms with E-state index in [0.29, 0.717) is 34.4 Å². The van der Waals surface area contributed by atoms with Gasteiger partial charge in [-0.15, -0.1) is 0 Å². The average Bonchev–Trinajstić information content (AvgIpc) is 2.89. The van der Waals surface area contributed by atoms with Crippen LogP contribution < -0.4 is 29.9 Å². The van der Waals surface area contributed by atoms with Crippen molar-refractivity contribution in [3.63, 3.8) is 0 Å². The summed E-state index contributed by atoms with van der Waals surface area (Å²) in [6.07, 6.45) is 0. The number of rotatable bonds is 0. The highest BCUT2D eigenvalue weighted by Gasteiger charge is 2.14. The zero-order valence-electron chi connectivity index (χ0n) is 18.8. The molecule has 0 amide bonds. The molecule has 10 nitrogen and oxygen atoms in total. The number of halogens is 2. The molecule has 12 heteroatoms. The van der Waals surface area contributed by atoms with Gasteiger partial charge in [-0.3, -0.25) is 10.4 Å². The average molecular weight is 622 g/mol. The molecule has 0 saturated carbocycles. The number of nitrogens with zero attached hydrogens (tertiary/aromatic N) is 2. The Balaban J connectivity index is 1.72. The SMILES string of the molecule is ONC1=Nc2ccccc2OCCOc2cc(Br)c(Br)cc2OCCOc2ccccc2N=C1NO. The smallest absolute Gasteiger partial charge is 0.195 e. The Labute approximate surface area is 223 Å². The van der Waals surface area contributed by atoms with Crippen LogP contribution in [-0.2, 0) is 0 Å². The summed E-state index contributed by atoms with van der Waals surface area (Å²) in [5, 5.41) is 19.5. The van der Waals surface area contributed by atoms with Crippen molar-refractivity contribution in [1.82, 2.24) is 11.0 Å². The highest BCUT2D eigenvalue weighted by atomic mass is 79.9. The van der Waals surface area contributed by atoms with E-state index in [1.807, 2.05) is 23.1 Å². The van der Waals surface area contributed by atoms with Gasteiger partial charge >= 0.3 is 0 Å². The van der Waals surface area contributed by atoms with Crippen molar-refractivity contribution >= 4 is 54.9 Å². The zero-order valence-corrected chi connectivity index (χ0v) is 22.0. The Bertz CT molecular complexity index is 1170. The van der Waals surface area contributed by atoms with E-state index in [9.17, 15) is 10.4 Å². The number of fused-ring (bicyclic) bond motifs is 3. The number of benzene rings is 3. The number of ether oxygens (including phenoxy) is 4. The quantitative estimate of drug-likeness (QED) is 0.254. The van der Waals surface area contributed by atoms with Gasteiger partial charge in [0.2, 0.25) is 0 Å². The number of amidine groups is 2. The third-order valence-electron chi connectivity index (χ3n) is 4.81. The summed E-state index contributed by atoms with van der Waals surface area (Å²) in [6.45, 7) is 0.860. The van der Waals surface area contributed by atoms with Gasteiger partial charge < -0.3 is 18.9 Å². The van der Waals surface area contributed by atoms with E-state index in [2.05, 4.69) is 41.8 Å². The molecule has 1 aliphatic rings. The standard InChI is InChI=1S/C24H22Br2N4O6/c25-15-13-21-22(14-16(15)26)36-12-10-34-20-8-4-2-6-18(20)28-24(30-32)23(29-31)27-17-5-1-3-7-19(17)33-9-11-35-21/h1-8,13-14,31-32H,9-12H2,(H,27,29)(H,28,30). The van der Waals surface area contributed by atoms with E-state index in [0.717, 1.165) is 8.95 Å². The summed E-state index contributed by atoms with van der Waals surface area (Å²) < 4.78 is 25.2. The largest absolute Gasteiger partial charge is 0.488 e. The number of para-hydroxylation sites is 4. The van der Waals surface area contributed by atoms with Crippen molar-refractivity contribution in [2.75, 3.05) is 26.4 Å². The van der Waals surface area contributed by atoms with Crippen LogP contribution in [0.3, 0.4) is 0 Å². The fourth-order valence-electron chi connectivity index (χ4n) is 3.19. The van der Waals surface area contributed by atoms with Crippen LogP contribution in [0.4, 0.5) is 11.4 Å². The van der Waals surface area contributed by atoms with Crippen LogP contribution in [0, 0.1) is 0 Å². The Morgan fingerprint density at radius 3 is 1.33 bits per heavy atom. The number of aliphatic imine (C=N–C) groups is 2. The van der Waals surface area contributed by atoms with Gasteiger partial charge in [0.15, 0.2) is 23.2 Å². The van der Waals surface area contributed by atoms with E-state index in [-0.39, 0.29) is 38.1 Å². The third kappa shape index (κ3) is 6.46. The van der Waals surface area contributed by atoms with Crippen molar-refractivity contribution in [2.45, 2.75) is 0 Å². The molecule has 188 valence electrons. The fraction of sp³-hybridized carbons (Fsp3) is 0.167. The normalized spacial score (nSPS) is 14.3. The monoisotopic (exact) mass is 620 g/mol. The van der Waals surface area contributed by atoms with Crippen molar-refractivity contribution in [3.05, 3.63) is 69.6 Å². The first kappa shape index (κ1) is 25.8. The minimum atomic E-state index is -0.145. The van der Waals surface area contributed by atoms with Crippen LogP contribution in [0.25, 0.3) is 0 Å². The van der Waals surface area contributed by atoms with E-state index < -0.39 is 0 Å². The first-order valence-electron chi connectivity index (χ1n) is 10.8. The Morgan fingerprint density at radius 2 is 0.944 bits per heavy atom. The summed E-state index contributed by atoms with van der Waals surface area (Å²) >= 11 is 6.98. The van der Waals surface area contributed by atoms with Gasteiger partial charge in [0.1, 0.15) is 49.3 Å². The summed E-state index contributed by atoms with van der Waals surface area (Å²) in [7, 11) is 0. The van der Waals surface area contributed by atoms with Crippen molar-refractivity contribution in [1.29, 1.82) is 0 Å². The van der Waals surface area contributed by atoms with E-state index >= 15 is 0 Å². The zero-order chi connectivity index (χ0) is 25.3. The van der Waals surface area contributed by atoms with Crippen molar-refractivity contribution in [2.24, 2.45) is 9.98 Å². The second-order valence-electron chi connectivity index (χ2n) is 7.19. The van der Waals surface area contributed by atoms with Gasteiger partial charge in [0.05, 0.1) is 0 Å². The van der Waals surface area contributed by atoms with Gasteiger partial charge in [-0.05, 0) is 68.3 Å². The van der Waals surface area contributed by atoms with E-state index in [1.165, 1.54) is 0 Å². The maximum Gasteiger partial charge on any atom is 0.195 e. The lowest BCUT2D eigenvalue weighted by atomic mass is 10.3. The van der Waals surface area contributed by atoms with E-state index in [4.69, 9.17) is 18.9 Å². The van der Waals surface area contributed by atoms with Crippen molar-refractivity contribution in [3.8, 4) is 23.0 Å². The second kappa shape index (κ2) is 12.6. The Hall–Kier alpha value is -3.32. The van der Waals surface area contributed by atoms with Crippen LogP contribution in [0.1, 0.15) is 0 Å². The maximum atomic E-state index is 9.73. The molecule has 1 aliphatic heterocycles. The molecule has 36 heavy (non-hydrogen) atoms. The van der Waals surface area contributed by atoms with Gasteiger partial charge in [-0.1, -0.05) is 24.3 Å². The van der Waals surface area contributed by atoms with Crippen LogP contribution in [0.5, 0.6) is 23.0 Å². The molecule has 0 spiro atoms. The molecule has 0 unspecified atom stereocenters. The number of nitrogens with one attached hydrogen (secondary N) is 2. The van der Waals surface area contributed by atoms with Crippen molar-refractivity contribution < 1.29 is 29.4 Å². The van der Waals surface area contributed by atoms with Crippen LogP contribution in [-0.4, -0.2) is 48.5 Å². The molecular formula is C24H22Br2N4O6. The molecule has 4 rings (SSSR count). The molecule has 0 radical (unpaired) electrons. The molecule has 4 N–H and O–H groups in total. The number of hydroxylamine groups is 2. The lowest BCUT2D eigenvalue weighted by Gasteiger charge is -2.16. The van der Waals surface area contributed by atoms with E-state index in [1.54, 1.807) is 48.5 Å². The van der Waals surface area contributed by atoms with Crippen LogP contribution in [0.2, 0.25) is 0 Å². The van der Waals surface area contributed by atoms with Gasteiger partial charge in [-0.2, -0.15) is 0 Å². The molecule has 0 fully saturated rings. The highest BCUT2D eigenvalue weighted by Crippen LogP contribution is 2.37. The molecule has 0 atom stereocenters. The summed E-state index contributed by atoms with van der Waals surface area (Å²) in [6, 6.07) is 17.6. The molecule has 0 bridgehead atoms. The lowest BCUT2D eigenvalue weighted by molar-refractivity contribution is 0.192. The van der Waals surface area contributed by atoms with Crippen LogP contribution >= 0.6 is 31.9 Å². The third-order valence-corrected chi connectivity index (χ3v) is 6.66. The maximum absolute atomic E-state index is 9.73. The first-order chi connectivity index (χ1) is 17.6. The number of hydrogen-bond acceptors (Lipinski definition) is 10. The Kier molecular flexibility index (Phi) is 9.01. The molecule has 0 saturated heterocycles. The number of hydrogen-bond donors (Lipinski definition) is 4. The summed E-state index contributed by atoms with van der Waals surface area (Å²) in [4.78, 5) is 8.74. The van der Waals surface area contributed by atoms with Crippen LogP contribution in [0.15, 0.2) is 79.6 Å². The highest BCUT2D eigenvalue weighted by molar-refractivity contribution is 9.13. The summed E-state index contributed by atoms with van der Waals surface area (Å²) in [5.41, 5.74) is 4.70. The van der Waals surface area contributed by atoms with Gasteiger partial charge in [0.25, 0.3) is 0 Å². The molecule has 3 aromatic carbocycles.